The first kappa shape index (κ1) is 28.8. The highest BCUT2D eigenvalue weighted by Gasteiger charge is 2.28. The molecule has 0 radical (unpaired) electrons. The molecule has 2 heterocycles. The third-order valence-electron chi connectivity index (χ3n) is 5.37. The van der Waals surface area contributed by atoms with Crippen molar-refractivity contribution in [3.63, 3.8) is 0 Å². The predicted molar refractivity (Wildman–Crippen MR) is 144 cm³/mol. The number of hydrogen-bond donors (Lipinski definition) is 2. The number of amides is 3. The number of anilines is 1. The van der Waals surface area contributed by atoms with E-state index in [-0.39, 0.29) is 45.2 Å². The van der Waals surface area contributed by atoms with E-state index in [2.05, 4.69) is 36.8 Å². The number of likely N-dealkylation sites (N-methyl/N-ethyl adjacent to an activating group) is 1. The van der Waals surface area contributed by atoms with Crippen molar-refractivity contribution in [3.8, 4) is 11.9 Å². The molecule has 38 heavy (non-hydrogen) atoms. The van der Waals surface area contributed by atoms with Gasteiger partial charge in [0.25, 0.3) is 17.7 Å². The lowest BCUT2D eigenvalue weighted by Crippen LogP contribution is -2.43. The Morgan fingerprint density at radius 1 is 1.21 bits per heavy atom. The second kappa shape index (κ2) is 12.2. The number of nitriles is 1. The number of nitrogens with zero attached hydrogens (tertiary/aromatic N) is 5. The number of nitrogens with one attached hydrogen (secondary N) is 2. The molecule has 0 bridgehead atoms. The molecule has 0 saturated heterocycles. The number of rotatable bonds is 8. The molecule has 1 atom stereocenters. The number of benzene rings is 1. The fourth-order valence-corrected chi connectivity index (χ4v) is 4.06. The van der Waals surface area contributed by atoms with E-state index in [0.717, 1.165) is 0 Å². The zero-order valence-electron chi connectivity index (χ0n) is 21.2. The van der Waals surface area contributed by atoms with Crippen LogP contribution < -0.4 is 10.8 Å². The van der Waals surface area contributed by atoms with Crippen molar-refractivity contribution in [1.82, 2.24) is 25.1 Å². The third-order valence-corrected chi connectivity index (χ3v) is 6.05. The molecule has 3 rings (SSSR count). The zero-order valence-corrected chi connectivity index (χ0v) is 23.6. The number of hydrogen-bond acceptors (Lipinski definition) is 7. The second-order valence-electron chi connectivity index (χ2n) is 8.80. The second-order valence-corrected chi connectivity index (χ2v) is 10.0. The highest BCUT2D eigenvalue weighted by Crippen LogP contribution is 2.26. The predicted octanol–water partition coefficient (Wildman–Crippen LogP) is 3.89. The Balaban J connectivity index is 1.96. The summed E-state index contributed by atoms with van der Waals surface area (Å²) in [4.78, 5) is 50.1. The summed E-state index contributed by atoms with van der Waals surface area (Å²) >= 11 is 9.53. The Hall–Kier alpha value is -3.79. The third kappa shape index (κ3) is 6.36. The number of aryl methyl sites for hydroxylation is 1. The summed E-state index contributed by atoms with van der Waals surface area (Å²) in [6.07, 6.45) is 0.569. The zero-order chi connectivity index (χ0) is 28.1. The Kier molecular flexibility index (Phi) is 9.22. The van der Waals surface area contributed by atoms with Crippen LogP contribution in [-0.2, 0) is 9.63 Å². The van der Waals surface area contributed by atoms with Gasteiger partial charge in [-0.2, -0.15) is 10.4 Å². The van der Waals surface area contributed by atoms with E-state index in [1.54, 1.807) is 47.0 Å². The molecule has 0 aliphatic carbocycles. The van der Waals surface area contributed by atoms with Crippen LogP contribution in [0, 0.1) is 24.2 Å². The van der Waals surface area contributed by atoms with Crippen molar-refractivity contribution in [2.45, 2.75) is 26.9 Å². The summed E-state index contributed by atoms with van der Waals surface area (Å²) in [5, 5.41) is 16.7. The van der Waals surface area contributed by atoms with Crippen molar-refractivity contribution in [2.75, 3.05) is 19.4 Å². The first-order valence-electron chi connectivity index (χ1n) is 11.3. The number of pyridine rings is 1. The van der Waals surface area contributed by atoms with Crippen LogP contribution in [0.4, 0.5) is 5.69 Å². The molecule has 198 valence electrons. The van der Waals surface area contributed by atoms with Gasteiger partial charge in [-0.05, 0) is 58.6 Å². The quantitative estimate of drug-likeness (QED) is 0.373. The minimum absolute atomic E-state index is 0.0318. The fraction of sp³-hybridized carbons (Fsp3) is 0.280. The molecule has 0 spiro atoms. The van der Waals surface area contributed by atoms with Gasteiger partial charge >= 0.3 is 0 Å². The van der Waals surface area contributed by atoms with E-state index >= 15 is 0 Å². The Morgan fingerprint density at radius 2 is 1.92 bits per heavy atom. The molecular formula is C25H25BrClN7O4. The van der Waals surface area contributed by atoms with Gasteiger partial charge in [0.1, 0.15) is 10.3 Å². The number of carbonyl (C=O) groups excluding carboxylic acids is 3. The van der Waals surface area contributed by atoms with Crippen LogP contribution in [0.3, 0.4) is 0 Å². The Bertz CT molecular complexity index is 1430. The Labute approximate surface area is 232 Å². The summed E-state index contributed by atoms with van der Waals surface area (Å²) in [6.45, 7) is 5.20. The smallest absolute Gasteiger partial charge is 0.277 e. The first-order valence-corrected chi connectivity index (χ1v) is 12.5. The number of aromatic nitrogens is 3. The highest BCUT2D eigenvalue weighted by atomic mass is 79.9. The van der Waals surface area contributed by atoms with Crippen LogP contribution in [-0.4, -0.2) is 57.6 Å². The minimum atomic E-state index is -0.943. The van der Waals surface area contributed by atoms with Gasteiger partial charge in [-0.1, -0.05) is 25.4 Å². The topological polar surface area (TPSA) is 142 Å². The van der Waals surface area contributed by atoms with Gasteiger partial charge in [0.15, 0.2) is 11.9 Å². The maximum absolute atomic E-state index is 13.4. The van der Waals surface area contributed by atoms with Crippen LogP contribution in [0.2, 0.25) is 5.02 Å². The van der Waals surface area contributed by atoms with Crippen molar-refractivity contribution in [1.29, 1.82) is 5.26 Å². The number of carbonyl (C=O) groups is 3. The molecule has 0 saturated carbocycles. The van der Waals surface area contributed by atoms with Gasteiger partial charge in [0, 0.05) is 26.4 Å². The molecule has 11 nitrogen and oxygen atoms in total. The van der Waals surface area contributed by atoms with E-state index in [9.17, 15) is 19.6 Å². The number of halogens is 2. The van der Waals surface area contributed by atoms with Gasteiger partial charge in [0.05, 0.1) is 27.9 Å². The van der Waals surface area contributed by atoms with Crippen molar-refractivity contribution < 1.29 is 19.2 Å². The van der Waals surface area contributed by atoms with Gasteiger partial charge in [-0.25, -0.2) is 15.1 Å². The molecule has 1 aromatic carbocycles. The average Bonchev–Trinajstić information content (AvgIpc) is 3.26. The van der Waals surface area contributed by atoms with Crippen LogP contribution in [0.1, 0.15) is 45.8 Å². The normalized spacial score (nSPS) is 11.6. The van der Waals surface area contributed by atoms with Crippen LogP contribution in [0.15, 0.2) is 41.1 Å². The van der Waals surface area contributed by atoms with Crippen LogP contribution >= 0.6 is 27.5 Å². The summed E-state index contributed by atoms with van der Waals surface area (Å²) in [6, 6.07) is 9.58. The maximum Gasteiger partial charge on any atom is 0.277 e. The first-order chi connectivity index (χ1) is 17.9. The minimum Gasteiger partial charge on any atom is -0.346 e. The summed E-state index contributed by atoms with van der Waals surface area (Å²) < 4.78 is 1.63. The van der Waals surface area contributed by atoms with E-state index in [0.29, 0.717) is 10.2 Å². The van der Waals surface area contributed by atoms with Gasteiger partial charge in [-0.15, -0.1) is 0 Å². The van der Waals surface area contributed by atoms with E-state index in [1.807, 2.05) is 6.07 Å². The molecular weight excluding hydrogens is 578 g/mol. The average molecular weight is 603 g/mol. The summed E-state index contributed by atoms with van der Waals surface area (Å²) in [7, 11) is 3.16. The molecule has 0 fully saturated rings. The van der Waals surface area contributed by atoms with Crippen molar-refractivity contribution in [3.05, 3.63) is 68.5 Å². The van der Waals surface area contributed by atoms with Crippen molar-refractivity contribution in [2.24, 2.45) is 5.92 Å². The molecule has 3 amide bonds. The molecule has 3 aromatic rings. The van der Waals surface area contributed by atoms with Gasteiger partial charge < -0.3 is 10.2 Å². The fourth-order valence-electron chi connectivity index (χ4n) is 3.48. The lowest BCUT2D eigenvalue weighted by atomic mass is 10.0. The van der Waals surface area contributed by atoms with Gasteiger partial charge in [0.2, 0.25) is 0 Å². The monoisotopic (exact) mass is 601 g/mol. The standard InChI is InChI=1S/C25H25BrClN7O4/c1-13(2)21(25(37)33(4)5)38-32-23(35)16-10-15(12-28)9-14(3)20(16)30-24(36)18-11-19(26)31-34(18)22-17(27)7-6-8-29-22/h6-11,13,21H,1-5H3,(H,30,36)(H,32,35). The molecule has 0 aliphatic heterocycles. The molecule has 13 heteroatoms. The van der Waals surface area contributed by atoms with Gasteiger partial charge in [-0.3, -0.25) is 19.2 Å². The largest absolute Gasteiger partial charge is 0.346 e. The van der Waals surface area contributed by atoms with E-state index < -0.39 is 17.9 Å². The van der Waals surface area contributed by atoms with E-state index in [1.165, 1.54) is 34.0 Å². The van der Waals surface area contributed by atoms with Crippen LogP contribution in [0.25, 0.3) is 5.82 Å². The SMILES string of the molecule is Cc1cc(C#N)cc(C(=O)NOC(C(=O)N(C)C)C(C)C)c1NC(=O)c1cc(Br)nn1-c1ncccc1Cl. The van der Waals surface area contributed by atoms with Crippen molar-refractivity contribution >= 4 is 50.9 Å². The van der Waals surface area contributed by atoms with E-state index in [4.69, 9.17) is 16.4 Å². The molecule has 0 aliphatic rings. The lowest BCUT2D eigenvalue weighted by Gasteiger charge is -2.23. The highest BCUT2D eigenvalue weighted by molar-refractivity contribution is 9.10. The summed E-state index contributed by atoms with van der Waals surface area (Å²) in [5.74, 6) is -1.70. The number of hydroxylamine groups is 1. The molecule has 1 unspecified atom stereocenters. The molecule has 2 aromatic heterocycles. The lowest BCUT2D eigenvalue weighted by molar-refractivity contribution is -0.148. The van der Waals surface area contributed by atoms with Crippen LogP contribution in [0.5, 0.6) is 0 Å². The Morgan fingerprint density at radius 3 is 2.53 bits per heavy atom. The summed E-state index contributed by atoms with van der Waals surface area (Å²) in [5.41, 5.74) is 3.14. The molecule has 2 N–H and O–H groups in total. The maximum atomic E-state index is 13.4.